The van der Waals surface area contributed by atoms with Crippen molar-refractivity contribution in [3.63, 3.8) is 0 Å². The summed E-state index contributed by atoms with van der Waals surface area (Å²) in [7, 11) is 0. The van der Waals surface area contributed by atoms with Crippen LogP contribution in [0.1, 0.15) is 56.6 Å². The lowest BCUT2D eigenvalue weighted by atomic mass is 9.56. The predicted molar refractivity (Wildman–Crippen MR) is 86.0 cm³/mol. The Bertz CT molecular complexity index is 437. The highest BCUT2D eigenvalue weighted by atomic mass is 14.9. The van der Waals surface area contributed by atoms with Gasteiger partial charge in [0.25, 0.3) is 0 Å². The van der Waals surface area contributed by atoms with Crippen molar-refractivity contribution in [3.8, 4) is 0 Å². The molecule has 1 aromatic carbocycles. The molecule has 1 saturated carbocycles. The number of piperidine rings is 1. The summed E-state index contributed by atoms with van der Waals surface area (Å²) in [4.78, 5) is 0. The Morgan fingerprint density at radius 2 is 1.70 bits per heavy atom. The highest BCUT2D eigenvalue weighted by molar-refractivity contribution is 5.28. The highest BCUT2D eigenvalue weighted by Gasteiger charge is 2.45. The number of hydrogen-bond donors (Lipinski definition) is 1. The normalized spacial score (nSPS) is 38.0. The largest absolute Gasteiger partial charge is 0.316 e. The van der Waals surface area contributed by atoms with Gasteiger partial charge in [-0.25, -0.2) is 0 Å². The van der Waals surface area contributed by atoms with Gasteiger partial charge in [-0.2, -0.15) is 0 Å². The van der Waals surface area contributed by atoms with Crippen LogP contribution in [0.3, 0.4) is 0 Å². The van der Waals surface area contributed by atoms with Crippen molar-refractivity contribution in [1.29, 1.82) is 0 Å². The molecule has 20 heavy (non-hydrogen) atoms. The summed E-state index contributed by atoms with van der Waals surface area (Å²) in [5.41, 5.74) is 3.48. The smallest absolute Gasteiger partial charge is 0.00255 e. The van der Waals surface area contributed by atoms with Crippen LogP contribution in [0.25, 0.3) is 0 Å². The number of hydrogen-bond acceptors (Lipinski definition) is 1. The molecule has 1 heteroatoms. The monoisotopic (exact) mass is 271 g/mol. The summed E-state index contributed by atoms with van der Waals surface area (Å²) in [6, 6.07) is 9.32. The average Bonchev–Trinajstić information content (AvgIpc) is 2.39. The molecular formula is C19H29N. The van der Waals surface area contributed by atoms with E-state index in [4.69, 9.17) is 0 Å². The van der Waals surface area contributed by atoms with E-state index in [1.807, 2.05) is 0 Å². The summed E-state index contributed by atoms with van der Waals surface area (Å²) in [6.45, 7) is 9.49. The van der Waals surface area contributed by atoms with Crippen molar-refractivity contribution in [2.75, 3.05) is 13.1 Å². The zero-order valence-electron chi connectivity index (χ0n) is 13.3. The van der Waals surface area contributed by atoms with Crippen molar-refractivity contribution >= 4 is 0 Å². The Kier molecular flexibility index (Phi) is 3.90. The lowest BCUT2D eigenvalue weighted by Gasteiger charge is -2.51. The Balaban J connectivity index is 1.92. The van der Waals surface area contributed by atoms with Crippen LogP contribution in [0.4, 0.5) is 0 Å². The second-order valence-corrected chi connectivity index (χ2v) is 7.63. The second kappa shape index (κ2) is 5.52. The van der Waals surface area contributed by atoms with Crippen molar-refractivity contribution in [2.45, 2.75) is 52.4 Å². The Morgan fingerprint density at radius 3 is 2.35 bits per heavy atom. The molecule has 1 heterocycles. The maximum absolute atomic E-state index is 3.65. The topological polar surface area (TPSA) is 12.0 Å². The molecule has 0 radical (unpaired) electrons. The molecule has 1 N–H and O–H groups in total. The van der Waals surface area contributed by atoms with Crippen LogP contribution in [0.2, 0.25) is 0 Å². The van der Waals surface area contributed by atoms with Gasteiger partial charge in [0, 0.05) is 12.5 Å². The number of nitrogens with one attached hydrogen (secondary N) is 1. The molecule has 3 atom stereocenters. The molecule has 0 bridgehead atoms. The van der Waals surface area contributed by atoms with Gasteiger partial charge in [-0.05, 0) is 62.0 Å². The first-order valence-electron chi connectivity index (χ1n) is 8.36. The third kappa shape index (κ3) is 2.65. The number of aryl methyl sites for hydroxylation is 1. The van der Waals surface area contributed by atoms with Crippen molar-refractivity contribution in [3.05, 3.63) is 35.4 Å². The third-order valence-corrected chi connectivity index (χ3v) is 5.68. The maximum Gasteiger partial charge on any atom is 0.00255 e. The summed E-state index contributed by atoms with van der Waals surface area (Å²) >= 11 is 0. The Hall–Kier alpha value is -0.820. The SMILES string of the molecule is Cc1ccc(C2CNCCC23CC(C)CC(C)C3)cc1. The quantitative estimate of drug-likeness (QED) is 0.792. The van der Waals surface area contributed by atoms with E-state index in [9.17, 15) is 0 Å². The summed E-state index contributed by atoms with van der Waals surface area (Å²) in [6.07, 6.45) is 5.64. The van der Waals surface area contributed by atoms with Crippen molar-refractivity contribution < 1.29 is 0 Å². The van der Waals surface area contributed by atoms with E-state index in [1.54, 1.807) is 5.56 Å². The lowest BCUT2D eigenvalue weighted by molar-refractivity contribution is 0.0472. The first-order valence-corrected chi connectivity index (χ1v) is 8.36. The van der Waals surface area contributed by atoms with Crippen LogP contribution < -0.4 is 5.32 Å². The fraction of sp³-hybridized carbons (Fsp3) is 0.684. The fourth-order valence-corrected chi connectivity index (χ4v) is 5.06. The molecule has 1 aliphatic carbocycles. The zero-order chi connectivity index (χ0) is 14.2. The van der Waals surface area contributed by atoms with Crippen LogP contribution in [0, 0.1) is 24.2 Å². The highest BCUT2D eigenvalue weighted by Crippen LogP contribution is 2.53. The van der Waals surface area contributed by atoms with E-state index in [2.05, 4.69) is 50.4 Å². The first kappa shape index (κ1) is 14.1. The summed E-state index contributed by atoms with van der Waals surface area (Å²) in [5, 5.41) is 3.65. The van der Waals surface area contributed by atoms with E-state index in [0.717, 1.165) is 11.8 Å². The lowest BCUT2D eigenvalue weighted by Crippen LogP contribution is -2.47. The molecule has 1 nitrogen and oxygen atoms in total. The minimum Gasteiger partial charge on any atom is -0.316 e. The van der Waals surface area contributed by atoms with Crippen molar-refractivity contribution in [2.24, 2.45) is 17.3 Å². The van der Waals surface area contributed by atoms with Gasteiger partial charge in [0.1, 0.15) is 0 Å². The van der Waals surface area contributed by atoms with Crippen LogP contribution >= 0.6 is 0 Å². The fourth-order valence-electron chi connectivity index (χ4n) is 5.06. The van der Waals surface area contributed by atoms with E-state index >= 15 is 0 Å². The van der Waals surface area contributed by atoms with Gasteiger partial charge in [-0.1, -0.05) is 43.7 Å². The summed E-state index contributed by atoms with van der Waals surface area (Å²) in [5.74, 6) is 2.50. The second-order valence-electron chi connectivity index (χ2n) is 7.63. The predicted octanol–water partition coefficient (Wildman–Crippen LogP) is 4.51. The average molecular weight is 271 g/mol. The molecule has 1 spiro atoms. The summed E-state index contributed by atoms with van der Waals surface area (Å²) < 4.78 is 0. The van der Waals surface area contributed by atoms with Crippen LogP contribution in [-0.4, -0.2) is 13.1 Å². The molecule has 3 unspecified atom stereocenters. The molecule has 0 aromatic heterocycles. The number of rotatable bonds is 1. The van der Waals surface area contributed by atoms with Gasteiger partial charge >= 0.3 is 0 Å². The first-order chi connectivity index (χ1) is 9.59. The molecular weight excluding hydrogens is 242 g/mol. The van der Waals surface area contributed by atoms with Gasteiger partial charge in [-0.3, -0.25) is 0 Å². The molecule has 110 valence electrons. The Labute approximate surface area is 124 Å². The molecule has 1 aliphatic heterocycles. The van der Waals surface area contributed by atoms with Gasteiger partial charge in [0.2, 0.25) is 0 Å². The molecule has 2 aliphatic rings. The van der Waals surface area contributed by atoms with Crippen LogP contribution in [-0.2, 0) is 0 Å². The minimum absolute atomic E-state index is 0.553. The van der Waals surface area contributed by atoms with Crippen molar-refractivity contribution in [1.82, 2.24) is 5.32 Å². The van der Waals surface area contributed by atoms with E-state index in [0.29, 0.717) is 11.3 Å². The third-order valence-electron chi connectivity index (χ3n) is 5.68. The van der Waals surface area contributed by atoms with Crippen LogP contribution in [0.5, 0.6) is 0 Å². The standard InChI is InChI=1S/C19H29N/c1-14-4-6-17(7-5-14)18-13-20-9-8-19(18)11-15(2)10-16(3)12-19/h4-7,15-16,18,20H,8-13H2,1-3H3. The molecule has 1 aromatic rings. The maximum atomic E-state index is 3.65. The van der Waals surface area contributed by atoms with E-state index in [1.165, 1.54) is 44.3 Å². The Morgan fingerprint density at radius 1 is 1.05 bits per heavy atom. The number of benzene rings is 1. The molecule has 2 fully saturated rings. The van der Waals surface area contributed by atoms with Gasteiger partial charge in [-0.15, -0.1) is 0 Å². The molecule has 3 rings (SSSR count). The van der Waals surface area contributed by atoms with Gasteiger partial charge in [0.15, 0.2) is 0 Å². The molecule has 0 amide bonds. The van der Waals surface area contributed by atoms with Gasteiger partial charge in [0.05, 0.1) is 0 Å². The van der Waals surface area contributed by atoms with E-state index < -0.39 is 0 Å². The zero-order valence-corrected chi connectivity index (χ0v) is 13.3. The minimum atomic E-state index is 0.553. The van der Waals surface area contributed by atoms with E-state index in [-0.39, 0.29) is 0 Å². The van der Waals surface area contributed by atoms with Crippen LogP contribution in [0.15, 0.2) is 24.3 Å². The molecule has 1 saturated heterocycles. The van der Waals surface area contributed by atoms with Gasteiger partial charge < -0.3 is 5.32 Å².